The molecule has 0 aliphatic carbocycles. The van der Waals surface area contributed by atoms with Gasteiger partial charge in [0.2, 0.25) is 0 Å². The van der Waals surface area contributed by atoms with E-state index >= 15 is 0 Å². The number of hydrogen-bond acceptors (Lipinski definition) is 3. The maximum atomic E-state index is 5.61. The third-order valence-corrected chi connectivity index (χ3v) is 2.19. The van der Waals surface area contributed by atoms with Crippen LogP contribution in [-0.2, 0) is 14.2 Å². The number of rotatable bonds is 2. The highest BCUT2D eigenvalue weighted by molar-refractivity contribution is 5.03. The van der Waals surface area contributed by atoms with E-state index in [4.69, 9.17) is 14.2 Å². The van der Waals surface area contributed by atoms with E-state index in [1.165, 1.54) is 0 Å². The second kappa shape index (κ2) is 2.55. The first-order valence-electron chi connectivity index (χ1n) is 4.22. The van der Waals surface area contributed by atoms with E-state index in [0.717, 1.165) is 0 Å². The van der Waals surface area contributed by atoms with E-state index in [2.05, 4.69) is 6.58 Å². The molecule has 0 radical (unpaired) electrons. The molecule has 0 spiro atoms. The summed E-state index contributed by atoms with van der Waals surface area (Å²) in [6.07, 6.45) is 2.24. The minimum atomic E-state index is -0.442. The van der Waals surface area contributed by atoms with Crippen LogP contribution in [-0.4, -0.2) is 30.7 Å². The van der Waals surface area contributed by atoms with Gasteiger partial charge in [0.25, 0.3) is 0 Å². The third kappa shape index (κ3) is 1.40. The monoisotopic (exact) mass is 170 g/mol. The smallest absolute Gasteiger partial charge is 0.163 e. The minimum absolute atomic E-state index is 0.0861. The van der Waals surface area contributed by atoms with Gasteiger partial charge in [-0.1, -0.05) is 6.08 Å². The second-order valence-corrected chi connectivity index (χ2v) is 3.67. The summed E-state index contributed by atoms with van der Waals surface area (Å²) in [6, 6.07) is 0. The highest BCUT2D eigenvalue weighted by atomic mass is 16.8. The first-order chi connectivity index (χ1) is 5.62. The molecule has 0 unspecified atom stereocenters. The van der Waals surface area contributed by atoms with Crippen LogP contribution in [0.2, 0.25) is 0 Å². The Kier molecular flexibility index (Phi) is 1.75. The standard InChI is InChI=1S/C9H14O3/c1-4-6-8(11-6)7-5-10-9(2,3)12-7/h4,6-8H,1,5H2,2-3H3/t6-,7+,8-/m0/s1. The van der Waals surface area contributed by atoms with Gasteiger partial charge in [-0.05, 0) is 13.8 Å². The molecule has 0 aromatic heterocycles. The van der Waals surface area contributed by atoms with Crippen molar-refractivity contribution in [3.8, 4) is 0 Å². The molecule has 2 aliphatic heterocycles. The van der Waals surface area contributed by atoms with Gasteiger partial charge in [0, 0.05) is 0 Å². The Morgan fingerprint density at radius 3 is 2.67 bits per heavy atom. The molecule has 68 valence electrons. The maximum absolute atomic E-state index is 5.61. The van der Waals surface area contributed by atoms with E-state index in [1.807, 2.05) is 13.8 Å². The molecule has 0 aromatic rings. The van der Waals surface area contributed by atoms with Gasteiger partial charge >= 0.3 is 0 Å². The van der Waals surface area contributed by atoms with Crippen LogP contribution in [0.15, 0.2) is 12.7 Å². The molecule has 0 amide bonds. The molecule has 2 heterocycles. The summed E-state index contributed by atoms with van der Waals surface area (Å²) in [5.41, 5.74) is 0. The highest BCUT2D eigenvalue weighted by Gasteiger charge is 2.49. The largest absolute Gasteiger partial charge is 0.362 e. The third-order valence-electron chi connectivity index (χ3n) is 2.19. The Labute approximate surface area is 72.3 Å². The van der Waals surface area contributed by atoms with E-state index < -0.39 is 5.79 Å². The quantitative estimate of drug-likeness (QED) is 0.459. The number of epoxide rings is 1. The van der Waals surface area contributed by atoms with Crippen LogP contribution in [0.5, 0.6) is 0 Å². The van der Waals surface area contributed by atoms with Gasteiger partial charge in [0.05, 0.1) is 6.61 Å². The van der Waals surface area contributed by atoms with Crippen molar-refractivity contribution < 1.29 is 14.2 Å². The number of ether oxygens (including phenoxy) is 3. The zero-order chi connectivity index (χ0) is 8.77. The number of hydrogen-bond donors (Lipinski definition) is 0. The summed E-state index contributed by atoms with van der Waals surface area (Å²) >= 11 is 0. The van der Waals surface area contributed by atoms with E-state index in [1.54, 1.807) is 6.08 Å². The molecule has 0 saturated carbocycles. The Morgan fingerprint density at radius 2 is 2.25 bits per heavy atom. The molecule has 0 N–H and O–H groups in total. The fourth-order valence-corrected chi connectivity index (χ4v) is 1.50. The van der Waals surface area contributed by atoms with Gasteiger partial charge < -0.3 is 14.2 Å². The first-order valence-corrected chi connectivity index (χ1v) is 4.22. The fourth-order valence-electron chi connectivity index (χ4n) is 1.50. The molecule has 0 bridgehead atoms. The molecule has 3 atom stereocenters. The van der Waals surface area contributed by atoms with Gasteiger partial charge in [-0.25, -0.2) is 0 Å². The van der Waals surface area contributed by atoms with Crippen molar-refractivity contribution in [2.24, 2.45) is 0 Å². The molecule has 3 nitrogen and oxygen atoms in total. The highest BCUT2D eigenvalue weighted by Crippen LogP contribution is 2.34. The van der Waals surface area contributed by atoms with Crippen LogP contribution >= 0.6 is 0 Å². The summed E-state index contributed by atoms with van der Waals surface area (Å²) in [5.74, 6) is -0.442. The Hall–Kier alpha value is -0.380. The summed E-state index contributed by atoms with van der Waals surface area (Å²) in [7, 11) is 0. The van der Waals surface area contributed by atoms with Crippen LogP contribution in [0, 0.1) is 0 Å². The van der Waals surface area contributed by atoms with Crippen molar-refractivity contribution in [2.75, 3.05) is 6.61 Å². The van der Waals surface area contributed by atoms with Crippen molar-refractivity contribution in [3.63, 3.8) is 0 Å². The van der Waals surface area contributed by atoms with Crippen molar-refractivity contribution >= 4 is 0 Å². The molecular formula is C9H14O3. The fraction of sp³-hybridized carbons (Fsp3) is 0.778. The molecule has 2 aliphatic rings. The molecule has 2 fully saturated rings. The summed E-state index contributed by atoms with van der Waals surface area (Å²) in [5, 5.41) is 0. The van der Waals surface area contributed by atoms with E-state index in [0.29, 0.717) is 6.61 Å². The van der Waals surface area contributed by atoms with Crippen LogP contribution in [0.25, 0.3) is 0 Å². The van der Waals surface area contributed by atoms with Gasteiger partial charge in [0.1, 0.15) is 18.3 Å². The lowest BCUT2D eigenvalue weighted by Crippen LogP contribution is -2.24. The zero-order valence-electron chi connectivity index (χ0n) is 7.45. The normalized spacial score (nSPS) is 44.3. The lowest BCUT2D eigenvalue weighted by atomic mass is 10.2. The summed E-state index contributed by atoms with van der Waals surface area (Å²) < 4.78 is 16.3. The van der Waals surface area contributed by atoms with Crippen molar-refractivity contribution in [2.45, 2.75) is 37.9 Å². The van der Waals surface area contributed by atoms with Crippen molar-refractivity contribution in [1.29, 1.82) is 0 Å². The Morgan fingerprint density at radius 1 is 1.50 bits per heavy atom. The maximum Gasteiger partial charge on any atom is 0.163 e. The zero-order valence-corrected chi connectivity index (χ0v) is 7.45. The molecule has 2 rings (SSSR count). The van der Waals surface area contributed by atoms with Crippen molar-refractivity contribution in [1.82, 2.24) is 0 Å². The van der Waals surface area contributed by atoms with E-state index in [-0.39, 0.29) is 18.3 Å². The summed E-state index contributed by atoms with van der Waals surface area (Å²) in [4.78, 5) is 0. The van der Waals surface area contributed by atoms with E-state index in [9.17, 15) is 0 Å². The lowest BCUT2D eigenvalue weighted by molar-refractivity contribution is -0.140. The van der Waals surface area contributed by atoms with Crippen LogP contribution in [0.1, 0.15) is 13.8 Å². The lowest BCUT2D eigenvalue weighted by Gasteiger charge is -2.16. The molecule has 0 aromatic carbocycles. The van der Waals surface area contributed by atoms with Crippen LogP contribution in [0.4, 0.5) is 0 Å². The van der Waals surface area contributed by atoms with Gasteiger partial charge in [-0.3, -0.25) is 0 Å². The van der Waals surface area contributed by atoms with Crippen molar-refractivity contribution in [3.05, 3.63) is 12.7 Å². The predicted molar refractivity (Wildman–Crippen MR) is 43.8 cm³/mol. The van der Waals surface area contributed by atoms with Crippen LogP contribution in [0.3, 0.4) is 0 Å². The minimum Gasteiger partial charge on any atom is -0.362 e. The second-order valence-electron chi connectivity index (χ2n) is 3.67. The SMILES string of the molecule is C=C[C@@H]1O[C@@H]1[C@H]1COC(C)(C)O1. The predicted octanol–water partition coefficient (Wildman–Crippen LogP) is 1.09. The summed E-state index contributed by atoms with van der Waals surface area (Å²) in [6.45, 7) is 8.12. The average Bonchev–Trinajstić information content (AvgIpc) is 2.70. The first kappa shape index (κ1) is 8.23. The molecular weight excluding hydrogens is 156 g/mol. The molecule has 2 saturated heterocycles. The molecule has 12 heavy (non-hydrogen) atoms. The average molecular weight is 170 g/mol. The van der Waals surface area contributed by atoms with Gasteiger partial charge in [-0.15, -0.1) is 6.58 Å². The van der Waals surface area contributed by atoms with Gasteiger partial charge in [0.15, 0.2) is 5.79 Å². The molecule has 3 heteroatoms. The van der Waals surface area contributed by atoms with Gasteiger partial charge in [-0.2, -0.15) is 0 Å². The Balaban J connectivity index is 1.89. The topological polar surface area (TPSA) is 31.0 Å². The van der Waals surface area contributed by atoms with Crippen LogP contribution < -0.4 is 0 Å². The Bertz CT molecular complexity index is 200.